The van der Waals surface area contributed by atoms with Crippen LogP contribution < -0.4 is 11.1 Å². The number of ether oxygens (including phenoxy) is 1. The Bertz CT molecular complexity index is 518. The van der Waals surface area contributed by atoms with Crippen LogP contribution in [0.2, 0.25) is 0 Å². The number of hydrogen-bond donors (Lipinski definition) is 2. The lowest BCUT2D eigenvalue weighted by Gasteiger charge is -2.16. The molecule has 7 heteroatoms. The molecule has 1 aromatic carbocycles. The zero-order chi connectivity index (χ0) is 14.0. The van der Waals surface area contributed by atoms with Crippen molar-refractivity contribution < 1.29 is 14.5 Å². The van der Waals surface area contributed by atoms with Gasteiger partial charge in [-0.3, -0.25) is 14.9 Å². The number of nitrogens with one attached hydrogen (secondary N) is 1. The van der Waals surface area contributed by atoms with Crippen molar-refractivity contribution in [3.63, 3.8) is 0 Å². The first-order valence-electron chi connectivity index (χ1n) is 5.95. The van der Waals surface area contributed by atoms with Gasteiger partial charge in [-0.1, -0.05) is 0 Å². The number of nitro benzene ring substituents is 1. The quantitative estimate of drug-likeness (QED) is 0.483. The van der Waals surface area contributed by atoms with Crippen LogP contribution in [0, 0.1) is 10.1 Å². The van der Waals surface area contributed by atoms with Gasteiger partial charge in [0.2, 0.25) is 0 Å². The largest absolute Gasteiger partial charge is 0.399 e. The summed E-state index contributed by atoms with van der Waals surface area (Å²) in [7, 11) is 0. The summed E-state index contributed by atoms with van der Waals surface area (Å²) in [5, 5.41) is 13.6. The molecular formula is C12H15N3O4. The van der Waals surface area contributed by atoms with E-state index < -0.39 is 10.8 Å². The van der Waals surface area contributed by atoms with Crippen LogP contribution >= 0.6 is 0 Å². The van der Waals surface area contributed by atoms with E-state index in [0.29, 0.717) is 18.7 Å². The minimum atomic E-state index is -0.594. The third-order valence-electron chi connectivity index (χ3n) is 3.15. The average molecular weight is 265 g/mol. The van der Waals surface area contributed by atoms with Crippen molar-refractivity contribution in [2.75, 3.05) is 12.3 Å². The third-order valence-corrected chi connectivity index (χ3v) is 3.15. The summed E-state index contributed by atoms with van der Waals surface area (Å²) in [6.45, 7) is 2.43. The van der Waals surface area contributed by atoms with Gasteiger partial charge in [0.1, 0.15) is 5.56 Å². The van der Waals surface area contributed by atoms with E-state index in [2.05, 4.69) is 5.32 Å². The van der Waals surface area contributed by atoms with Crippen LogP contribution in [0.1, 0.15) is 23.7 Å². The van der Waals surface area contributed by atoms with Crippen molar-refractivity contribution in [1.29, 1.82) is 0 Å². The van der Waals surface area contributed by atoms with E-state index in [1.54, 1.807) is 0 Å². The second-order valence-electron chi connectivity index (χ2n) is 4.48. The van der Waals surface area contributed by atoms with Crippen LogP contribution in [0.15, 0.2) is 18.2 Å². The molecule has 0 aliphatic carbocycles. The average Bonchev–Trinajstić information content (AvgIpc) is 2.74. The molecule has 1 fully saturated rings. The maximum absolute atomic E-state index is 12.1. The summed E-state index contributed by atoms with van der Waals surface area (Å²) in [4.78, 5) is 22.4. The third kappa shape index (κ3) is 2.82. The van der Waals surface area contributed by atoms with Crippen LogP contribution in [0.25, 0.3) is 0 Å². The summed E-state index contributed by atoms with van der Waals surface area (Å²) in [5.74, 6) is -0.499. The van der Waals surface area contributed by atoms with Crippen molar-refractivity contribution in [2.24, 2.45) is 0 Å². The molecule has 2 atom stereocenters. The SMILES string of the molecule is CC1OCCC1NC(=O)c1cc(N)ccc1[N+](=O)[O-]. The first-order valence-corrected chi connectivity index (χ1v) is 5.95. The molecule has 1 heterocycles. The number of benzene rings is 1. The second kappa shape index (κ2) is 5.23. The normalized spacial score (nSPS) is 22.2. The number of rotatable bonds is 3. The molecule has 0 radical (unpaired) electrons. The molecule has 102 valence electrons. The fourth-order valence-corrected chi connectivity index (χ4v) is 2.06. The Labute approximate surface area is 109 Å². The summed E-state index contributed by atoms with van der Waals surface area (Å²) in [5.41, 5.74) is 5.61. The van der Waals surface area contributed by atoms with Gasteiger partial charge in [0, 0.05) is 18.4 Å². The highest BCUT2D eigenvalue weighted by molar-refractivity contribution is 5.99. The molecule has 1 aliphatic rings. The van der Waals surface area contributed by atoms with E-state index in [-0.39, 0.29) is 23.4 Å². The van der Waals surface area contributed by atoms with Crippen molar-refractivity contribution in [3.05, 3.63) is 33.9 Å². The van der Waals surface area contributed by atoms with E-state index in [4.69, 9.17) is 10.5 Å². The van der Waals surface area contributed by atoms with Gasteiger partial charge in [-0.15, -0.1) is 0 Å². The molecule has 1 aromatic rings. The predicted molar refractivity (Wildman–Crippen MR) is 68.8 cm³/mol. The molecule has 7 nitrogen and oxygen atoms in total. The highest BCUT2D eigenvalue weighted by Crippen LogP contribution is 2.22. The van der Waals surface area contributed by atoms with Gasteiger partial charge in [0.05, 0.1) is 17.1 Å². The summed E-state index contributed by atoms with van der Waals surface area (Å²) >= 11 is 0. The van der Waals surface area contributed by atoms with Crippen molar-refractivity contribution in [2.45, 2.75) is 25.5 Å². The molecule has 1 aliphatic heterocycles. The number of nitrogen functional groups attached to an aromatic ring is 1. The van der Waals surface area contributed by atoms with Gasteiger partial charge in [0.25, 0.3) is 11.6 Å². The fourth-order valence-electron chi connectivity index (χ4n) is 2.06. The van der Waals surface area contributed by atoms with Gasteiger partial charge in [0.15, 0.2) is 0 Å². The number of anilines is 1. The van der Waals surface area contributed by atoms with Gasteiger partial charge < -0.3 is 15.8 Å². The van der Waals surface area contributed by atoms with Crippen LogP contribution in [0.5, 0.6) is 0 Å². The van der Waals surface area contributed by atoms with E-state index in [9.17, 15) is 14.9 Å². The monoisotopic (exact) mass is 265 g/mol. The maximum atomic E-state index is 12.1. The van der Waals surface area contributed by atoms with Gasteiger partial charge in [-0.05, 0) is 25.5 Å². The molecular weight excluding hydrogens is 250 g/mol. The summed E-state index contributed by atoms with van der Waals surface area (Å²) in [6, 6.07) is 3.82. The smallest absolute Gasteiger partial charge is 0.282 e. The molecule has 1 saturated heterocycles. The van der Waals surface area contributed by atoms with Crippen LogP contribution in [0.3, 0.4) is 0 Å². The topological polar surface area (TPSA) is 107 Å². The van der Waals surface area contributed by atoms with E-state index >= 15 is 0 Å². The van der Waals surface area contributed by atoms with Crippen molar-refractivity contribution in [3.8, 4) is 0 Å². The Morgan fingerprint density at radius 3 is 2.89 bits per heavy atom. The maximum Gasteiger partial charge on any atom is 0.282 e. The minimum Gasteiger partial charge on any atom is -0.399 e. The minimum absolute atomic E-state index is 0.0240. The highest BCUT2D eigenvalue weighted by atomic mass is 16.6. The van der Waals surface area contributed by atoms with E-state index in [1.807, 2.05) is 6.92 Å². The molecule has 0 saturated carbocycles. The Kier molecular flexibility index (Phi) is 3.66. The fraction of sp³-hybridized carbons (Fsp3) is 0.417. The number of nitro groups is 1. The zero-order valence-corrected chi connectivity index (χ0v) is 10.5. The first-order chi connectivity index (χ1) is 8.99. The number of carbonyl (C=O) groups excluding carboxylic acids is 1. The predicted octanol–water partition coefficient (Wildman–Crippen LogP) is 1.08. The lowest BCUT2D eigenvalue weighted by Crippen LogP contribution is -2.39. The molecule has 19 heavy (non-hydrogen) atoms. The molecule has 0 aromatic heterocycles. The standard InChI is InChI=1S/C12H15N3O4/c1-7-10(4-5-19-7)14-12(16)9-6-8(13)2-3-11(9)15(17)18/h2-3,6-7,10H,4-5,13H2,1H3,(H,14,16). The van der Waals surface area contributed by atoms with Crippen LogP contribution in [-0.4, -0.2) is 29.6 Å². The lowest BCUT2D eigenvalue weighted by atomic mass is 10.1. The Morgan fingerprint density at radius 2 is 2.32 bits per heavy atom. The Hall–Kier alpha value is -2.15. The first kappa shape index (κ1) is 13.3. The zero-order valence-electron chi connectivity index (χ0n) is 10.5. The number of hydrogen-bond acceptors (Lipinski definition) is 5. The Balaban J connectivity index is 2.22. The second-order valence-corrected chi connectivity index (χ2v) is 4.48. The molecule has 2 unspecified atom stereocenters. The lowest BCUT2D eigenvalue weighted by molar-refractivity contribution is -0.385. The van der Waals surface area contributed by atoms with Gasteiger partial charge in [-0.2, -0.15) is 0 Å². The number of nitrogens with zero attached hydrogens (tertiary/aromatic N) is 1. The number of carbonyl (C=O) groups is 1. The number of amides is 1. The summed E-state index contributed by atoms with van der Waals surface area (Å²) in [6.07, 6.45) is 0.604. The number of nitrogens with two attached hydrogens (primary N) is 1. The van der Waals surface area contributed by atoms with Crippen molar-refractivity contribution in [1.82, 2.24) is 5.32 Å². The van der Waals surface area contributed by atoms with Crippen molar-refractivity contribution >= 4 is 17.3 Å². The Morgan fingerprint density at radius 1 is 1.58 bits per heavy atom. The molecule has 0 spiro atoms. The molecule has 3 N–H and O–H groups in total. The molecule has 0 bridgehead atoms. The van der Waals surface area contributed by atoms with E-state index in [0.717, 1.165) is 0 Å². The summed E-state index contributed by atoms with van der Waals surface area (Å²) < 4.78 is 5.33. The van der Waals surface area contributed by atoms with Crippen LogP contribution in [0.4, 0.5) is 11.4 Å². The van der Waals surface area contributed by atoms with Gasteiger partial charge in [-0.25, -0.2) is 0 Å². The van der Waals surface area contributed by atoms with Gasteiger partial charge >= 0.3 is 0 Å². The van der Waals surface area contributed by atoms with E-state index in [1.165, 1.54) is 18.2 Å². The van der Waals surface area contributed by atoms with Crippen LogP contribution in [-0.2, 0) is 4.74 Å². The highest BCUT2D eigenvalue weighted by Gasteiger charge is 2.28. The molecule has 1 amide bonds. The molecule has 2 rings (SSSR count).